The fraction of sp³-hybridized carbons (Fsp3) is 0.545. The van der Waals surface area contributed by atoms with Crippen molar-refractivity contribution in [1.82, 2.24) is 14.7 Å². The van der Waals surface area contributed by atoms with Crippen molar-refractivity contribution >= 4 is 23.7 Å². The Hall–Kier alpha value is -2.74. The zero-order chi connectivity index (χ0) is 22.5. The van der Waals surface area contributed by atoms with Crippen molar-refractivity contribution < 1.29 is 23.9 Å². The molecule has 0 N–H and O–H groups in total. The van der Waals surface area contributed by atoms with Gasteiger partial charge in [0.1, 0.15) is 12.1 Å². The summed E-state index contributed by atoms with van der Waals surface area (Å²) in [7, 11) is 3.79. The lowest BCUT2D eigenvalue weighted by molar-refractivity contribution is -0.155. The molecule has 0 saturated carbocycles. The minimum atomic E-state index is -0.626. The first-order chi connectivity index (χ1) is 14.0. The van der Waals surface area contributed by atoms with Crippen LogP contribution >= 0.6 is 0 Å². The van der Waals surface area contributed by atoms with Crippen molar-refractivity contribution in [2.24, 2.45) is 0 Å². The fourth-order valence-electron chi connectivity index (χ4n) is 3.02. The van der Waals surface area contributed by atoms with Crippen LogP contribution in [0.15, 0.2) is 24.3 Å². The van der Waals surface area contributed by atoms with Gasteiger partial charge in [-0.1, -0.05) is 12.1 Å². The van der Waals surface area contributed by atoms with E-state index in [1.165, 1.54) is 9.80 Å². The largest absolute Gasteiger partial charge is 0.459 e. The van der Waals surface area contributed by atoms with E-state index in [0.717, 1.165) is 5.56 Å². The lowest BCUT2D eigenvalue weighted by Crippen LogP contribution is -2.42. The summed E-state index contributed by atoms with van der Waals surface area (Å²) in [6.07, 6.45) is 0.502. The lowest BCUT2D eigenvalue weighted by atomic mass is 10.1. The molecule has 1 aliphatic heterocycles. The second kappa shape index (κ2) is 9.84. The van der Waals surface area contributed by atoms with Crippen LogP contribution in [0.2, 0.25) is 0 Å². The molecular weight excluding hydrogens is 386 g/mol. The van der Waals surface area contributed by atoms with E-state index >= 15 is 0 Å². The quantitative estimate of drug-likeness (QED) is 0.472. The second-order valence-electron chi connectivity index (χ2n) is 8.69. The van der Waals surface area contributed by atoms with Gasteiger partial charge in [-0.25, -0.2) is 0 Å². The van der Waals surface area contributed by atoms with Crippen LogP contribution in [-0.2, 0) is 25.7 Å². The van der Waals surface area contributed by atoms with Crippen LogP contribution in [0.5, 0.6) is 0 Å². The van der Waals surface area contributed by atoms with Crippen molar-refractivity contribution in [2.45, 2.75) is 45.8 Å². The molecule has 2 rings (SSSR count). The summed E-state index contributed by atoms with van der Waals surface area (Å²) in [5.74, 6) is -1.08. The Morgan fingerprint density at radius 1 is 1.00 bits per heavy atom. The molecule has 1 fully saturated rings. The predicted octanol–water partition coefficient (Wildman–Crippen LogP) is 1.68. The topological polar surface area (TPSA) is 87.2 Å². The number of esters is 1. The summed E-state index contributed by atoms with van der Waals surface area (Å²) in [4.78, 5) is 53.5. The van der Waals surface area contributed by atoms with Crippen molar-refractivity contribution in [3.8, 4) is 0 Å². The van der Waals surface area contributed by atoms with Crippen LogP contribution in [0, 0.1) is 0 Å². The molecule has 0 aromatic heterocycles. The number of likely N-dealkylation sites (tertiary alicyclic amines) is 1. The Morgan fingerprint density at radius 2 is 1.57 bits per heavy atom. The van der Waals surface area contributed by atoms with Gasteiger partial charge in [-0.05, 0) is 52.6 Å². The molecule has 1 aromatic carbocycles. The second-order valence-corrected chi connectivity index (χ2v) is 8.69. The normalized spacial score (nSPS) is 14.4. The Balaban J connectivity index is 2.09. The highest BCUT2D eigenvalue weighted by atomic mass is 16.6. The predicted molar refractivity (Wildman–Crippen MR) is 112 cm³/mol. The van der Waals surface area contributed by atoms with E-state index in [4.69, 9.17) is 4.74 Å². The molecule has 0 radical (unpaired) electrons. The Kier molecular flexibility index (Phi) is 7.72. The summed E-state index contributed by atoms with van der Waals surface area (Å²) < 4.78 is 5.36. The van der Waals surface area contributed by atoms with Gasteiger partial charge in [-0.3, -0.25) is 24.1 Å². The maximum atomic E-state index is 13.0. The third-order valence-electron chi connectivity index (χ3n) is 4.54. The number of nitrogens with zero attached hydrogens (tertiary/aromatic N) is 3. The monoisotopic (exact) mass is 417 g/mol. The Labute approximate surface area is 177 Å². The summed E-state index contributed by atoms with van der Waals surface area (Å²) in [6.45, 7) is 6.40. The van der Waals surface area contributed by atoms with E-state index in [0.29, 0.717) is 18.7 Å². The smallest absolute Gasteiger partial charge is 0.326 e. The number of hydrogen-bond acceptors (Lipinski definition) is 6. The maximum absolute atomic E-state index is 13.0. The van der Waals surface area contributed by atoms with E-state index in [9.17, 15) is 19.2 Å². The molecule has 0 unspecified atom stereocenters. The average Bonchev–Trinajstić information content (AvgIpc) is 2.95. The zero-order valence-corrected chi connectivity index (χ0v) is 18.4. The number of likely N-dealkylation sites (N-methyl/N-ethyl adjacent to an activating group) is 1. The number of hydrogen-bond donors (Lipinski definition) is 0. The molecule has 1 heterocycles. The highest BCUT2D eigenvalue weighted by molar-refractivity contribution is 6.01. The van der Waals surface area contributed by atoms with Gasteiger partial charge in [0.2, 0.25) is 11.8 Å². The Morgan fingerprint density at radius 3 is 2.07 bits per heavy atom. The minimum absolute atomic E-state index is 0.136. The number of ether oxygens (including phenoxy) is 1. The average molecular weight is 418 g/mol. The molecule has 164 valence electrons. The van der Waals surface area contributed by atoms with Crippen molar-refractivity contribution in [2.75, 3.05) is 33.7 Å². The number of amides is 3. The first-order valence-electron chi connectivity index (χ1n) is 10.0. The van der Waals surface area contributed by atoms with Gasteiger partial charge in [-0.2, -0.15) is 0 Å². The summed E-state index contributed by atoms with van der Waals surface area (Å²) >= 11 is 0. The number of carbonyl (C=O) groups is 4. The third kappa shape index (κ3) is 6.95. The van der Waals surface area contributed by atoms with Crippen LogP contribution in [0.1, 0.15) is 49.5 Å². The molecule has 0 bridgehead atoms. The highest BCUT2D eigenvalue weighted by Crippen LogP contribution is 2.17. The standard InChI is InChI=1S/C22H31N3O5/c1-22(2,3)30-20(28)15-24(13-12-23(4)5)21(29)17-8-6-16(7-9-17)14-25-18(26)10-11-19(25)27/h6-9H,10-15H2,1-5H3. The summed E-state index contributed by atoms with van der Waals surface area (Å²) in [5, 5.41) is 0. The van der Waals surface area contributed by atoms with Crippen molar-refractivity contribution in [1.29, 1.82) is 0 Å². The third-order valence-corrected chi connectivity index (χ3v) is 4.54. The van der Waals surface area contributed by atoms with Crippen molar-refractivity contribution in [3.05, 3.63) is 35.4 Å². The summed E-state index contributed by atoms with van der Waals surface area (Å²) in [5.41, 5.74) is 0.571. The number of rotatable bonds is 8. The van der Waals surface area contributed by atoms with Crippen LogP contribution in [0.3, 0.4) is 0 Å². The van der Waals surface area contributed by atoms with Gasteiger partial charge in [0.05, 0.1) is 6.54 Å². The fourth-order valence-corrected chi connectivity index (χ4v) is 3.02. The lowest BCUT2D eigenvalue weighted by Gasteiger charge is -2.26. The molecule has 3 amide bonds. The molecule has 0 atom stereocenters. The first kappa shape index (κ1) is 23.5. The molecule has 8 nitrogen and oxygen atoms in total. The Bertz CT molecular complexity index is 780. The number of benzene rings is 1. The van der Waals surface area contributed by atoms with Crippen molar-refractivity contribution in [3.63, 3.8) is 0 Å². The minimum Gasteiger partial charge on any atom is -0.459 e. The molecule has 1 aliphatic rings. The van der Waals surface area contributed by atoms with E-state index in [-0.39, 0.29) is 43.7 Å². The highest BCUT2D eigenvalue weighted by Gasteiger charge is 2.29. The molecule has 0 aliphatic carbocycles. The van der Waals surface area contributed by atoms with E-state index in [1.54, 1.807) is 45.0 Å². The van der Waals surface area contributed by atoms with Gasteiger partial charge in [0.25, 0.3) is 5.91 Å². The molecule has 1 aromatic rings. The van der Waals surface area contributed by atoms with Gasteiger partial charge in [-0.15, -0.1) is 0 Å². The molecular formula is C22H31N3O5. The maximum Gasteiger partial charge on any atom is 0.326 e. The van der Waals surface area contributed by atoms with Gasteiger partial charge < -0.3 is 14.5 Å². The zero-order valence-electron chi connectivity index (χ0n) is 18.4. The van der Waals surface area contributed by atoms with Crippen LogP contribution < -0.4 is 0 Å². The first-order valence-corrected chi connectivity index (χ1v) is 10.0. The molecule has 30 heavy (non-hydrogen) atoms. The summed E-state index contributed by atoms with van der Waals surface area (Å²) in [6, 6.07) is 6.76. The van der Waals surface area contributed by atoms with Gasteiger partial charge >= 0.3 is 5.97 Å². The van der Waals surface area contributed by atoms with E-state index in [1.807, 2.05) is 19.0 Å². The SMILES string of the molecule is CN(C)CCN(CC(=O)OC(C)(C)C)C(=O)c1ccc(CN2C(=O)CCC2=O)cc1. The van der Waals surface area contributed by atoms with Crippen LogP contribution in [-0.4, -0.2) is 77.7 Å². The molecule has 0 spiro atoms. The number of carbonyl (C=O) groups excluding carboxylic acids is 4. The van der Waals surface area contributed by atoms with E-state index in [2.05, 4.69) is 0 Å². The van der Waals surface area contributed by atoms with Crippen LogP contribution in [0.25, 0.3) is 0 Å². The molecule has 1 saturated heterocycles. The molecule has 8 heteroatoms. The number of imide groups is 1. The van der Waals surface area contributed by atoms with Crippen LogP contribution in [0.4, 0.5) is 0 Å². The van der Waals surface area contributed by atoms with Gasteiger partial charge in [0.15, 0.2) is 0 Å². The van der Waals surface area contributed by atoms with Gasteiger partial charge in [0, 0.05) is 31.5 Å². The van der Waals surface area contributed by atoms with E-state index < -0.39 is 11.6 Å².